The maximum absolute atomic E-state index is 13.1. The summed E-state index contributed by atoms with van der Waals surface area (Å²) in [6.45, 7) is 0. The highest BCUT2D eigenvalue weighted by Gasteiger charge is 2.11. The number of nitrogens with one attached hydrogen (secondary N) is 1. The Hall–Kier alpha value is -1.40. The second-order valence-corrected chi connectivity index (χ2v) is 2.55. The summed E-state index contributed by atoms with van der Waals surface area (Å²) >= 11 is 0. The highest BCUT2D eigenvalue weighted by molar-refractivity contribution is 5.27. The Labute approximate surface area is 75.8 Å². The fourth-order valence-electron chi connectivity index (χ4n) is 1.06. The van der Waals surface area contributed by atoms with Gasteiger partial charge in [-0.25, -0.2) is 8.78 Å². The van der Waals surface area contributed by atoms with Gasteiger partial charge in [0.05, 0.1) is 6.04 Å². The van der Waals surface area contributed by atoms with Gasteiger partial charge in [-0.1, -0.05) is 5.92 Å². The molecule has 0 aromatic heterocycles. The molecule has 68 valence electrons. The minimum Gasteiger partial charge on any atom is -0.303 e. The van der Waals surface area contributed by atoms with Crippen LogP contribution < -0.4 is 5.32 Å². The third-order valence-electron chi connectivity index (χ3n) is 1.72. The minimum atomic E-state index is -0.587. The molecule has 0 spiro atoms. The van der Waals surface area contributed by atoms with Crippen LogP contribution in [-0.4, -0.2) is 7.05 Å². The molecular formula is C10H9F2N. The molecule has 1 N–H and O–H groups in total. The van der Waals surface area contributed by atoms with Crippen molar-refractivity contribution in [3.05, 3.63) is 35.4 Å². The molecule has 1 nitrogen and oxygen atoms in total. The SMILES string of the molecule is C#CC(NC)c1cc(F)ccc1F. The zero-order valence-electron chi connectivity index (χ0n) is 7.14. The molecule has 0 amide bonds. The molecule has 13 heavy (non-hydrogen) atoms. The van der Waals surface area contributed by atoms with Crippen LogP contribution in [-0.2, 0) is 0 Å². The number of terminal acetylenes is 1. The van der Waals surface area contributed by atoms with Crippen LogP contribution in [0.4, 0.5) is 8.78 Å². The van der Waals surface area contributed by atoms with Crippen molar-refractivity contribution in [2.24, 2.45) is 0 Å². The van der Waals surface area contributed by atoms with Gasteiger partial charge in [0.15, 0.2) is 0 Å². The molecule has 1 atom stereocenters. The largest absolute Gasteiger partial charge is 0.303 e. The average Bonchev–Trinajstić information content (AvgIpc) is 2.13. The molecule has 1 aromatic rings. The number of rotatable bonds is 2. The van der Waals surface area contributed by atoms with E-state index in [2.05, 4.69) is 11.2 Å². The third-order valence-corrected chi connectivity index (χ3v) is 1.72. The van der Waals surface area contributed by atoms with Gasteiger partial charge in [-0.05, 0) is 25.2 Å². The Morgan fingerprint density at radius 2 is 2.15 bits per heavy atom. The van der Waals surface area contributed by atoms with Gasteiger partial charge in [0, 0.05) is 5.56 Å². The van der Waals surface area contributed by atoms with Gasteiger partial charge < -0.3 is 5.32 Å². The second kappa shape index (κ2) is 4.01. The summed E-state index contributed by atoms with van der Waals surface area (Å²) in [5.41, 5.74) is 0.157. The summed E-state index contributed by atoms with van der Waals surface area (Å²) in [5.74, 6) is 1.32. The van der Waals surface area contributed by atoms with Crippen LogP contribution in [0.5, 0.6) is 0 Å². The Balaban J connectivity index is 3.13. The van der Waals surface area contributed by atoms with E-state index in [4.69, 9.17) is 6.42 Å². The standard InChI is InChI=1S/C10H9F2N/c1-3-10(13-2)8-6-7(11)4-5-9(8)12/h1,4-6,10,13H,2H3. The fraction of sp³-hybridized carbons (Fsp3) is 0.200. The van der Waals surface area contributed by atoms with Gasteiger partial charge in [-0.15, -0.1) is 6.42 Å². The minimum absolute atomic E-state index is 0.157. The highest BCUT2D eigenvalue weighted by atomic mass is 19.1. The lowest BCUT2D eigenvalue weighted by Crippen LogP contribution is -2.15. The van der Waals surface area contributed by atoms with Gasteiger partial charge >= 0.3 is 0 Å². The molecule has 0 bridgehead atoms. The molecular weight excluding hydrogens is 172 g/mol. The van der Waals surface area contributed by atoms with Crippen molar-refractivity contribution < 1.29 is 8.78 Å². The molecule has 1 unspecified atom stereocenters. The maximum atomic E-state index is 13.1. The van der Waals surface area contributed by atoms with Crippen molar-refractivity contribution in [2.45, 2.75) is 6.04 Å². The Morgan fingerprint density at radius 3 is 2.69 bits per heavy atom. The second-order valence-electron chi connectivity index (χ2n) is 2.55. The van der Waals surface area contributed by atoms with Crippen LogP contribution in [0.15, 0.2) is 18.2 Å². The number of halogens is 2. The Kier molecular flexibility index (Phi) is 2.99. The molecule has 0 saturated carbocycles. The van der Waals surface area contributed by atoms with Gasteiger partial charge in [0.2, 0.25) is 0 Å². The number of benzene rings is 1. The summed E-state index contributed by atoms with van der Waals surface area (Å²) in [5, 5.41) is 2.69. The van der Waals surface area contributed by atoms with Crippen molar-refractivity contribution in [3.63, 3.8) is 0 Å². The van der Waals surface area contributed by atoms with E-state index in [1.54, 1.807) is 7.05 Å². The lowest BCUT2D eigenvalue weighted by atomic mass is 10.1. The van der Waals surface area contributed by atoms with E-state index in [1.807, 2.05) is 0 Å². The van der Waals surface area contributed by atoms with Crippen LogP contribution in [0.2, 0.25) is 0 Å². The smallest absolute Gasteiger partial charge is 0.129 e. The van der Waals surface area contributed by atoms with Crippen molar-refractivity contribution in [1.82, 2.24) is 5.32 Å². The van der Waals surface area contributed by atoms with Crippen LogP contribution >= 0.6 is 0 Å². The first-order valence-electron chi connectivity index (χ1n) is 3.77. The van der Waals surface area contributed by atoms with E-state index in [0.717, 1.165) is 18.2 Å². The van der Waals surface area contributed by atoms with E-state index in [-0.39, 0.29) is 5.56 Å². The summed E-state index contributed by atoms with van der Waals surface area (Å²) < 4.78 is 25.8. The average molecular weight is 181 g/mol. The van der Waals surface area contributed by atoms with Crippen LogP contribution in [0.3, 0.4) is 0 Å². The molecule has 0 aliphatic heterocycles. The lowest BCUT2D eigenvalue weighted by Gasteiger charge is -2.10. The van der Waals surface area contributed by atoms with E-state index < -0.39 is 17.7 Å². The van der Waals surface area contributed by atoms with Crippen LogP contribution in [0, 0.1) is 24.0 Å². The molecule has 1 rings (SSSR count). The van der Waals surface area contributed by atoms with Gasteiger partial charge in [-0.3, -0.25) is 0 Å². The zero-order chi connectivity index (χ0) is 9.84. The van der Waals surface area contributed by atoms with E-state index in [1.165, 1.54) is 0 Å². The first kappa shape index (κ1) is 9.69. The summed E-state index contributed by atoms with van der Waals surface area (Å²) in [6.07, 6.45) is 5.13. The first-order valence-corrected chi connectivity index (χ1v) is 3.77. The van der Waals surface area contributed by atoms with Crippen LogP contribution in [0.25, 0.3) is 0 Å². The van der Waals surface area contributed by atoms with Gasteiger partial charge in [-0.2, -0.15) is 0 Å². The molecule has 0 aliphatic rings. The quantitative estimate of drug-likeness (QED) is 0.686. The molecule has 0 radical (unpaired) electrons. The van der Waals surface area contributed by atoms with E-state index in [9.17, 15) is 8.78 Å². The first-order chi connectivity index (χ1) is 6.19. The topological polar surface area (TPSA) is 12.0 Å². The molecule has 0 fully saturated rings. The molecule has 3 heteroatoms. The summed E-state index contributed by atoms with van der Waals surface area (Å²) in [4.78, 5) is 0. The molecule has 1 aromatic carbocycles. The van der Waals surface area contributed by atoms with Crippen molar-refractivity contribution in [2.75, 3.05) is 7.05 Å². The van der Waals surface area contributed by atoms with E-state index >= 15 is 0 Å². The maximum Gasteiger partial charge on any atom is 0.129 e. The Bertz CT molecular complexity index is 341. The van der Waals surface area contributed by atoms with Crippen molar-refractivity contribution in [3.8, 4) is 12.3 Å². The predicted molar refractivity (Wildman–Crippen MR) is 47.0 cm³/mol. The van der Waals surface area contributed by atoms with E-state index in [0.29, 0.717) is 0 Å². The van der Waals surface area contributed by atoms with Gasteiger partial charge in [0.1, 0.15) is 11.6 Å². The Morgan fingerprint density at radius 1 is 1.46 bits per heavy atom. The summed E-state index contributed by atoms with van der Waals surface area (Å²) in [7, 11) is 1.59. The van der Waals surface area contributed by atoms with Crippen LogP contribution in [0.1, 0.15) is 11.6 Å². The fourth-order valence-corrected chi connectivity index (χ4v) is 1.06. The van der Waals surface area contributed by atoms with Crippen molar-refractivity contribution >= 4 is 0 Å². The molecule has 0 aliphatic carbocycles. The van der Waals surface area contributed by atoms with Gasteiger partial charge in [0.25, 0.3) is 0 Å². The predicted octanol–water partition coefficient (Wildman–Crippen LogP) is 1.86. The lowest BCUT2D eigenvalue weighted by molar-refractivity contribution is 0.567. The zero-order valence-corrected chi connectivity index (χ0v) is 7.14. The number of hydrogen-bond donors (Lipinski definition) is 1. The highest BCUT2D eigenvalue weighted by Crippen LogP contribution is 2.17. The molecule has 0 heterocycles. The monoisotopic (exact) mass is 181 g/mol. The number of hydrogen-bond acceptors (Lipinski definition) is 1. The summed E-state index contributed by atoms with van der Waals surface area (Å²) in [6, 6.07) is 2.63. The normalized spacial score (nSPS) is 12.2. The molecule has 0 saturated heterocycles. The van der Waals surface area contributed by atoms with Crippen molar-refractivity contribution in [1.29, 1.82) is 0 Å². The third kappa shape index (κ3) is 2.04.